The summed E-state index contributed by atoms with van der Waals surface area (Å²) in [4.78, 5) is 16.9. The number of nitrogens with zero attached hydrogens (tertiary/aromatic N) is 1. The first-order valence-corrected chi connectivity index (χ1v) is 5.81. The zero-order chi connectivity index (χ0) is 14.0. The third-order valence-electron chi connectivity index (χ3n) is 2.20. The number of thioether (sulfide) groups is 1. The maximum atomic E-state index is 12.5. The van der Waals surface area contributed by atoms with Crippen molar-refractivity contribution in [1.82, 2.24) is 9.97 Å². The van der Waals surface area contributed by atoms with Crippen LogP contribution in [0.3, 0.4) is 0 Å². The summed E-state index contributed by atoms with van der Waals surface area (Å²) in [5.74, 6) is -1.23. The van der Waals surface area contributed by atoms with Crippen LogP contribution in [-0.2, 0) is 4.79 Å². The predicted octanol–water partition coefficient (Wildman–Crippen LogP) is 3.27. The smallest absolute Gasteiger partial charge is 0.446 e. The molecule has 0 saturated heterocycles. The number of nitrogens with one attached hydrogen (secondary N) is 1. The molecule has 0 aliphatic carbocycles. The zero-order valence-corrected chi connectivity index (χ0v) is 10.0. The van der Waals surface area contributed by atoms with Crippen LogP contribution in [0.25, 0.3) is 17.1 Å². The van der Waals surface area contributed by atoms with Crippen LogP contribution in [-0.4, -0.2) is 26.6 Å². The van der Waals surface area contributed by atoms with Crippen LogP contribution < -0.4 is 0 Å². The Balaban J connectivity index is 2.55. The molecule has 0 fully saturated rings. The van der Waals surface area contributed by atoms with Crippen LogP contribution in [0.4, 0.5) is 13.2 Å². The second kappa shape index (κ2) is 4.96. The monoisotopic (exact) mass is 288 g/mol. The van der Waals surface area contributed by atoms with Gasteiger partial charge in [-0.2, -0.15) is 13.2 Å². The maximum Gasteiger partial charge on any atom is 0.446 e. The maximum absolute atomic E-state index is 12.5. The Labute approximate surface area is 109 Å². The largest absolute Gasteiger partial charge is 0.478 e. The third kappa shape index (κ3) is 3.28. The van der Waals surface area contributed by atoms with Gasteiger partial charge in [-0.25, -0.2) is 9.78 Å². The van der Waals surface area contributed by atoms with Gasteiger partial charge in [-0.05, 0) is 29.5 Å². The highest BCUT2D eigenvalue weighted by molar-refractivity contribution is 8.00. The van der Waals surface area contributed by atoms with E-state index in [-0.39, 0.29) is 27.7 Å². The summed E-state index contributed by atoms with van der Waals surface area (Å²) in [6.45, 7) is 0. The number of hydrogen-bond donors (Lipinski definition) is 2. The Bertz CT molecular complexity index is 649. The summed E-state index contributed by atoms with van der Waals surface area (Å²) >= 11 is -0.314. The minimum absolute atomic E-state index is 0.122. The fourth-order valence-corrected chi connectivity index (χ4v) is 2.26. The van der Waals surface area contributed by atoms with Gasteiger partial charge in [-0.1, -0.05) is 6.07 Å². The van der Waals surface area contributed by atoms with Crippen molar-refractivity contribution in [3.8, 4) is 0 Å². The van der Waals surface area contributed by atoms with Crippen molar-refractivity contribution >= 4 is 34.8 Å². The van der Waals surface area contributed by atoms with E-state index in [1.165, 1.54) is 12.4 Å². The summed E-state index contributed by atoms with van der Waals surface area (Å²) in [7, 11) is 0. The number of alkyl halides is 3. The van der Waals surface area contributed by atoms with Crippen LogP contribution in [0.15, 0.2) is 29.4 Å². The van der Waals surface area contributed by atoms with Crippen molar-refractivity contribution < 1.29 is 23.1 Å². The first-order valence-electron chi connectivity index (χ1n) is 4.99. The average molecular weight is 288 g/mol. The van der Waals surface area contributed by atoms with E-state index in [0.29, 0.717) is 5.52 Å². The number of hydrogen-bond acceptors (Lipinski definition) is 3. The van der Waals surface area contributed by atoms with E-state index in [9.17, 15) is 18.0 Å². The molecule has 0 unspecified atom stereocenters. The van der Waals surface area contributed by atoms with E-state index >= 15 is 0 Å². The van der Waals surface area contributed by atoms with Gasteiger partial charge in [-0.15, -0.1) is 0 Å². The number of H-pyrrole nitrogens is 1. The topological polar surface area (TPSA) is 66.0 Å². The molecule has 1 aromatic heterocycles. The number of halogens is 3. The normalized spacial score (nSPS) is 12.4. The fourth-order valence-electron chi connectivity index (χ4n) is 1.51. The van der Waals surface area contributed by atoms with Gasteiger partial charge in [0.25, 0.3) is 0 Å². The molecule has 1 heterocycles. The lowest BCUT2D eigenvalue weighted by Gasteiger charge is -2.09. The quantitative estimate of drug-likeness (QED) is 0.672. The fraction of sp³-hybridized carbons (Fsp3) is 0.0909. The number of imidazole rings is 1. The van der Waals surface area contributed by atoms with E-state index in [2.05, 4.69) is 9.97 Å². The highest BCUT2D eigenvalue weighted by atomic mass is 32.2. The van der Waals surface area contributed by atoms with Gasteiger partial charge in [0.2, 0.25) is 0 Å². The van der Waals surface area contributed by atoms with Crippen molar-refractivity contribution in [3.63, 3.8) is 0 Å². The Morgan fingerprint density at radius 2 is 2.16 bits per heavy atom. The zero-order valence-electron chi connectivity index (χ0n) is 9.23. The number of aromatic nitrogens is 2. The lowest BCUT2D eigenvalue weighted by molar-refractivity contribution is -0.131. The van der Waals surface area contributed by atoms with E-state index in [1.54, 1.807) is 6.07 Å². The molecule has 19 heavy (non-hydrogen) atoms. The molecule has 0 spiro atoms. The summed E-state index contributed by atoms with van der Waals surface area (Å²) in [6, 6.07) is 2.96. The van der Waals surface area contributed by atoms with E-state index < -0.39 is 11.5 Å². The van der Waals surface area contributed by atoms with Gasteiger partial charge < -0.3 is 10.1 Å². The first kappa shape index (κ1) is 13.5. The Morgan fingerprint density at radius 1 is 1.42 bits per heavy atom. The van der Waals surface area contributed by atoms with Crippen molar-refractivity contribution in [1.29, 1.82) is 0 Å². The number of carboxylic acids is 1. The number of aliphatic carboxylic acids is 1. The summed E-state index contributed by atoms with van der Waals surface area (Å²) in [6.07, 6.45) is 3.19. The molecule has 0 atom stereocenters. The molecule has 1 aromatic carbocycles. The van der Waals surface area contributed by atoms with Gasteiger partial charge in [0.1, 0.15) is 5.52 Å². The molecule has 0 amide bonds. The molecule has 0 saturated carbocycles. The minimum atomic E-state index is -4.47. The van der Waals surface area contributed by atoms with Gasteiger partial charge in [-0.3, -0.25) is 0 Å². The van der Waals surface area contributed by atoms with Crippen molar-refractivity contribution in [2.75, 3.05) is 0 Å². The van der Waals surface area contributed by atoms with Crippen LogP contribution in [0, 0.1) is 0 Å². The second-order valence-electron chi connectivity index (χ2n) is 3.50. The van der Waals surface area contributed by atoms with Crippen LogP contribution >= 0.6 is 11.8 Å². The number of fused-ring (bicyclic) bond motifs is 1. The summed E-state index contributed by atoms with van der Waals surface area (Å²) in [5, 5.41) is 8.53. The molecule has 4 nitrogen and oxygen atoms in total. The standard InChI is InChI=1S/C11H7F3N2O2S/c12-11(13,14)19-10-6(2-4-8(17)18)1-3-7-9(10)16-5-15-7/h1-5H,(H,15,16)(H,17,18). The highest BCUT2D eigenvalue weighted by Crippen LogP contribution is 2.41. The average Bonchev–Trinajstić information content (AvgIpc) is 2.74. The summed E-state index contributed by atoms with van der Waals surface area (Å²) in [5.41, 5.74) is -3.70. The molecule has 0 bridgehead atoms. The molecule has 100 valence electrons. The van der Waals surface area contributed by atoms with Gasteiger partial charge in [0, 0.05) is 6.08 Å². The van der Waals surface area contributed by atoms with E-state index in [4.69, 9.17) is 5.11 Å². The van der Waals surface area contributed by atoms with Crippen LogP contribution in [0.2, 0.25) is 0 Å². The summed E-state index contributed by atoms with van der Waals surface area (Å²) < 4.78 is 37.6. The van der Waals surface area contributed by atoms with Crippen molar-refractivity contribution in [2.24, 2.45) is 0 Å². The Kier molecular flexibility index (Phi) is 3.52. The molecule has 0 aliphatic rings. The third-order valence-corrected chi connectivity index (χ3v) is 3.06. The van der Waals surface area contributed by atoms with Gasteiger partial charge in [0.15, 0.2) is 0 Å². The van der Waals surface area contributed by atoms with E-state index in [0.717, 1.165) is 12.2 Å². The molecule has 0 radical (unpaired) electrons. The lowest BCUT2D eigenvalue weighted by atomic mass is 10.2. The highest BCUT2D eigenvalue weighted by Gasteiger charge is 2.31. The second-order valence-corrected chi connectivity index (χ2v) is 4.58. The van der Waals surface area contributed by atoms with Crippen LogP contribution in [0.1, 0.15) is 5.56 Å². The predicted molar refractivity (Wildman–Crippen MR) is 64.7 cm³/mol. The van der Waals surface area contributed by atoms with E-state index in [1.807, 2.05) is 0 Å². The van der Waals surface area contributed by atoms with Gasteiger partial charge >= 0.3 is 11.5 Å². The molecule has 8 heteroatoms. The number of carbonyl (C=O) groups is 1. The molecule has 2 N–H and O–H groups in total. The first-order chi connectivity index (χ1) is 8.87. The molecular weight excluding hydrogens is 281 g/mol. The molecule has 2 rings (SSSR count). The van der Waals surface area contributed by atoms with Crippen LogP contribution in [0.5, 0.6) is 0 Å². The number of benzene rings is 1. The Morgan fingerprint density at radius 3 is 2.79 bits per heavy atom. The Hall–Kier alpha value is -1.96. The van der Waals surface area contributed by atoms with Crippen molar-refractivity contribution in [2.45, 2.75) is 10.4 Å². The lowest BCUT2D eigenvalue weighted by Crippen LogP contribution is -2.01. The SMILES string of the molecule is O=C(O)C=Cc1ccc2[nH]cnc2c1SC(F)(F)F. The number of aromatic amines is 1. The molecule has 2 aromatic rings. The molecular formula is C11H7F3N2O2S. The van der Waals surface area contributed by atoms with Gasteiger partial charge in [0.05, 0.1) is 16.7 Å². The van der Waals surface area contributed by atoms with Crippen molar-refractivity contribution in [3.05, 3.63) is 30.1 Å². The number of rotatable bonds is 3. The number of carboxylic acid groups (broad SMARTS) is 1. The minimum Gasteiger partial charge on any atom is -0.478 e. The molecule has 0 aliphatic heterocycles.